The summed E-state index contributed by atoms with van der Waals surface area (Å²) in [6, 6.07) is 6.20. The van der Waals surface area contributed by atoms with Crippen LogP contribution in [0.2, 0.25) is 0 Å². The fourth-order valence-electron chi connectivity index (χ4n) is 3.56. The molecular formula is C19H27N3O4. The van der Waals surface area contributed by atoms with Gasteiger partial charge in [0.2, 0.25) is 0 Å². The van der Waals surface area contributed by atoms with Gasteiger partial charge in [-0.15, -0.1) is 0 Å². The van der Waals surface area contributed by atoms with Gasteiger partial charge in [0.15, 0.2) is 6.61 Å². The molecule has 2 aliphatic heterocycles. The molecule has 0 bridgehead atoms. The molecule has 0 spiro atoms. The van der Waals surface area contributed by atoms with Gasteiger partial charge in [0.1, 0.15) is 5.75 Å². The maximum atomic E-state index is 12.5. The first-order valence-electron chi connectivity index (χ1n) is 9.12. The van der Waals surface area contributed by atoms with Crippen LogP contribution in [0.25, 0.3) is 0 Å². The zero-order valence-electron chi connectivity index (χ0n) is 15.7. The number of carbonyl (C=O) groups excluding carboxylic acids is 2. The van der Waals surface area contributed by atoms with Crippen LogP contribution in [0.1, 0.15) is 32.3 Å². The number of likely N-dealkylation sites (tertiary alicyclic amines) is 1. The Bertz CT molecular complexity index is 669. The Balaban J connectivity index is 1.66. The number of anilines is 1. The van der Waals surface area contributed by atoms with E-state index in [4.69, 9.17) is 4.74 Å². The first kappa shape index (κ1) is 18.5. The average Bonchev–Trinajstić information content (AvgIpc) is 2.65. The highest BCUT2D eigenvalue weighted by Crippen LogP contribution is 2.30. The van der Waals surface area contributed by atoms with Crippen molar-refractivity contribution >= 4 is 17.7 Å². The number of urea groups is 1. The van der Waals surface area contributed by atoms with Crippen molar-refractivity contribution in [1.29, 1.82) is 0 Å². The van der Waals surface area contributed by atoms with E-state index in [1.807, 2.05) is 17.0 Å². The highest BCUT2D eigenvalue weighted by atomic mass is 16.6. The van der Waals surface area contributed by atoms with Crippen molar-refractivity contribution in [2.75, 3.05) is 32.1 Å². The highest BCUT2D eigenvalue weighted by molar-refractivity contribution is 5.92. The lowest BCUT2D eigenvalue weighted by atomic mass is 10.00. The maximum Gasteiger partial charge on any atom is 0.343 e. The Labute approximate surface area is 154 Å². The van der Waals surface area contributed by atoms with Crippen molar-refractivity contribution in [3.8, 4) is 5.75 Å². The highest BCUT2D eigenvalue weighted by Gasteiger charge is 2.32. The first-order valence-corrected chi connectivity index (χ1v) is 9.12. The van der Waals surface area contributed by atoms with Gasteiger partial charge in [0, 0.05) is 37.4 Å². The molecule has 2 amide bonds. The van der Waals surface area contributed by atoms with Crippen molar-refractivity contribution in [3.05, 3.63) is 23.8 Å². The number of rotatable bonds is 5. The summed E-state index contributed by atoms with van der Waals surface area (Å²) in [6.07, 6.45) is 1.97. The second-order valence-electron chi connectivity index (χ2n) is 7.10. The molecular weight excluding hydrogens is 334 g/mol. The standard InChI is InChI=1S/C19H27N3O4/c1-13(2)21-8-6-15(7-9-21)22-11-14-10-16(26-12-18(23)25-3)4-5-17(14)20-19(22)24/h4-5,10,13,15H,6-9,11-12H2,1-3H3,(H,20,24). The summed E-state index contributed by atoms with van der Waals surface area (Å²) in [6.45, 7) is 6.88. The number of amides is 2. The van der Waals surface area contributed by atoms with Crippen LogP contribution in [0.15, 0.2) is 18.2 Å². The number of nitrogens with one attached hydrogen (secondary N) is 1. The molecule has 0 atom stereocenters. The molecule has 0 radical (unpaired) electrons. The fraction of sp³-hybridized carbons (Fsp3) is 0.579. The molecule has 0 aromatic heterocycles. The van der Waals surface area contributed by atoms with Gasteiger partial charge in [-0.05, 0) is 50.5 Å². The summed E-state index contributed by atoms with van der Waals surface area (Å²) in [5.74, 6) is 0.175. The average molecular weight is 361 g/mol. The SMILES string of the molecule is COC(=O)COc1ccc2c(c1)CN(C1CCN(C(C)C)CC1)C(=O)N2. The Morgan fingerprint density at radius 3 is 2.69 bits per heavy atom. The minimum absolute atomic E-state index is 0.0382. The third-order valence-corrected chi connectivity index (χ3v) is 5.17. The molecule has 1 N–H and O–H groups in total. The summed E-state index contributed by atoms with van der Waals surface area (Å²) in [5, 5.41) is 2.97. The van der Waals surface area contributed by atoms with E-state index in [1.165, 1.54) is 7.11 Å². The summed E-state index contributed by atoms with van der Waals surface area (Å²) >= 11 is 0. The molecule has 1 aromatic rings. The third-order valence-electron chi connectivity index (χ3n) is 5.17. The summed E-state index contributed by atoms with van der Waals surface area (Å²) in [4.78, 5) is 28.1. The van der Waals surface area contributed by atoms with E-state index in [-0.39, 0.29) is 18.7 Å². The van der Waals surface area contributed by atoms with Crippen LogP contribution in [0.3, 0.4) is 0 Å². The Morgan fingerprint density at radius 1 is 1.31 bits per heavy atom. The maximum absolute atomic E-state index is 12.5. The normalized spacial score (nSPS) is 18.5. The predicted octanol–water partition coefficient (Wildman–Crippen LogP) is 2.46. The van der Waals surface area contributed by atoms with Crippen molar-refractivity contribution in [3.63, 3.8) is 0 Å². The van der Waals surface area contributed by atoms with Gasteiger partial charge in [-0.3, -0.25) is 0 Å². The van der Waals surface area contributed by atoms with Gasteiger partial charge in [-0.2, -0.15) is 0 Å². The zero-order chi connectivity index (χ0) is 18.7. The van der Waals surface area contributed by atoms with Gasteiger partial charge in [0.25, 0.3) is 0 Å². The zero-order valence-corrected chi connectivity index (χ0v) is 15.7. The molecule has 0 aliphatic carbocycles. The van der Waals surface area contributed by atoms with E-state index in [9.17, 15) is 9.59 Å². The van der Waals surface area contributed by atoms with Crippen LogP contribution in [0.4, 0.5) is 10.5 Å². The topological polar surface area (TPSA) is 71.1 Å². The lowest BCUT2D eigenvalue weighted by Gasteiger charge is -2.41. The molecule has 7 heteroatoms. The Kier molecular flexibility index (Phi) is 5.66. The number of hydrogen-bond acceptors (Lipinski definition) is 5. The van der Waals surface area contributed by atoms with Crippen molar-refractivity contribution in [1.82, 2.24) is 9.80 Å². The van der Waals surface area contributed by atoms with Crippen LogP contribution in [0.5, 0.6) is 5.75 Å². The summed E-state index contributed by atoms with van der Waals surface area (Å²) < 4.78 is 10.0. The number of hydrogen-bond donors (Lipinski definition) is 1. The molecule has 1 saturated heterocycles. The van der Waals surface area contributed by atoms with Gasteiger partial charge in [-0.1, -0.05) is 0 Å². The second kappa shape index (κ2) is 7.95. The van der Waals surface area contributed by atoms with Crippen molar-refractivity contribution in [2.24, 2.45) is 0 Å². The molecule has 0 saturated carbocycles. The van der Waals surface area contributed by atoms with E-state index in [1.54, 1.807) is 6.07 Å². The third kappa shape index (κ3) is 4.09. The first-order chi connectivity index (χ1) is 12.5. The monoisotopic (exact) mass is 361 g/mol. The smallest absolute Gasteiger partial charge is 0.343 e. The number of fused-ring (bicyclic) bond motifs is 1. The van der Waals surface area contributed by atoms with Gasteiger partial charge >= 0.3 is 12.0 Å². The molecule has 2 aliphatic rings. The minimum atomic E-state index is -0.422. The van der Waals surface area contributed by atoms with Crippen LogP contribution in [-0.4, -0.2) is 60.7 Å². The number of methoxy groups -OCH3 is 1. The Morgan fingerprint density at radius 2 is 2.04 bits per heavy atom. The predicted molar refractivity (Wildman–Crippen MR) is 98.2 cm³/mol. The largest absolute Gasteiger partial charge is 0.482 e. The van der Waals surface area contributed by atoms with E-state index in [2.05, 4.69) is 28.8 Å². The molecule has 0 unspecified atom stereocenters. The lowest BCUT2D eigenvalue weighted by Crippen LogP contribution is -2.51. The lowest BCUT2D eigenvalue weighted by molar-refractivity contribution is -0.142. The summed E-state index contributed by atoms with van der Waals surface area (Å²) in [5.41, 5.74) is 1.80. The Hall–Kier alpha value is -2.28. The van der Waals surface area contributed by atoms with Crippen molar-refractivity contribution in [2.45, 2.75) is 45.3 Å². The van der Waals surface area contributed by atoms with Crippen LogP contribution >= 0.6 is 0 Å². The van der Waals surface area contributed by atoms with Crippen LogP contribution in [0, 0.1) is 0 Å². The molecule has 1 aromatic carbocycles. The number of piperidine rings is 1. The van der Waals surface area contributed by atoms with Crippen LogP contribution in [-0.2, 0) is 16.1 Å². The van der Waals surface area contributed by atoms with E-state index >= 15 is 0 Å². The minimum Gasteiger partial charge on any atom is -0.482 e. The van der Waals surface area contributed by atoms with Gasteiger partial charge in [0.05, 0.1) is 7.11 Å². The quantitative estimate of drug-likeness (QED) is 0.816. The van der Waals surface area contributed by atoms with E-state index in [0.717, 1.165) is 37.2 Å². The number of benzene rings is 1. The number of nitrogens with zero attached hydrogens (tertiary/aromatic N) is 2. The number of esters is 1. The molecule has 26 heavy (non-hydrogen) atoms. The van der Waals surface area contributed by atoms with E-state index < -0.39 is 5.97 Å². The number of ether oxygens (including phenoxy) is 2. The van der Waals surface area contributed by atoms with Crippen molar-refractivity contribution < 1.29 is 19.1 Å². The molecule has 1 fully saturated rings. The van der Waals surface area contributed by atoms with Gasteiger partial charge < -0.3 is 24.6 Å². The fourth-order valence-corrected chi connectivity index (χ4v) is 3.56. The number of carbonyl (C=O) groups is 2. The molecule has 2 heterocycles. The molecule has 142 valence electrons. The van der Waals surface area contributed by atoms with E-state index in [0.29, 0.717) is 18.3 Å². The molecule has 3 rings (SSSR count). The molecule has 7 nitrogen and oxygen atoms in total. The van der Waals surface area contributed by atoms with Crippen LogP contribution < -0.4 is 10.1 Å². The summed E-state index contributed by atoms with van der Waals surface area (Å²) in [7, 11) is 1.33. The second-order valence-corrected chi connectivity index (χ2v) is 7.10. The van der Waals surface area contributed by atoms with Gasteiger partial charge in [-0.25, -0.2) is 9.59 Å².